The van der Waals surface area contributed by atoms with E-state index in [1.54, 1.807) is 0 Å². The van der Waals surface area contributed by atoms with Crippen LogP contribution in [-0.2, 0) is 0 Å². The molecular formula is C17H25NO2. The van der Waals surface area contributed by atoms with Gasteiger partial charge in [-0.05, 0) is 44.7 Å². The third kappa shape index (κ3) is 3.04. The summed E-state index contributed by atoms with van der Waals surface area (Å²) in [6.07, 6.45) is 4.32. The minimum absolute atomic E-state index is 0.0141. The van der Waals surface area contributed by atoms with Crippen molar-refractivity contribution in [2.24, 2.45) is 5.41 Å². The molecule has 0 aromatic heterocycles. The normalized spacial score (nSPS) is 17.2. The molecule has 110 valence electrons. The number of rotatable bonds is 4. The van der Waals surface area contributed by atoms with Gasteiger partial charge in [-0.3, -0.25) is 4.79 Å². The summed E-state index contributed by atoms with van der Waals surface area (Å²) in [5, 5.41) is 12.6. The van der Waals surface area contributed by atoms with Crippen molar-refractivity contribution in [3.8, 4) is 0 Å². The monoisotopic (exact) mass is 275 g/mol. The first-order valence-corrected chi connectivity index (χ1v) is 7.44. The smallest absolute Gasteiger partial charge is 0.251 e. The molecule has 1 aromatic carbocycles. The molecule has 1 aliphatic carbocycles. The van der Waals surface area contributed by atoms with Gasteiger partial charge in [0.25, 0.3) is 5.91 Å². The Bertz CT molecular complexity index is 479. The number of aliphatic hydroxyl groups is 1. The first-order valence-electron chi connectivity index (χ1n) is 7.44. The maximum atomic E-state index is 12.4. The van der Waals surface area contributed by atoms with E-state index in [-0.39, 0.29) is 17.9 Å². The molecule has 0 spiro atoms. The van der Waals surface area contributed by atoms with Crippen LogP contribution in [0.4, 0.5) is 0 Å². The first-order chi connectivity index (χ1) is 9.47. The highest BCUT2D eigenvalue weighted by molar-refractivity contribution is 5.97. The standard InChI is InChI=1S/C17H25NO2/c1-12-8-13(2)15(14(3)9-12)16(20)18-10-17(11-19)6-4-5-7-17/h8-9,19H,4-7,10-11H2,1-3H3,(H,18,20). The minimum atomic E-state index is -0.0951. The van der Waals surface area contributed by atoms with Crippen LogP contribution in [0.1, 0.15) is 52.7 Å². The summed E-state index contributed by atoms with van der Waals surface area (Å²) in [6, 6.07) is 4.08. The van der Waals surface area contributed by atoms with Gasteiger partial charge in [0.2, 0.25) is 0 Å². The molecule has 0 unspecified atom stereocenters. The van der Waals surface area contributed by atoms with E-state index in [1.165, 1.54) is 5.56 Å². The highest BCUT2D eigenvalue weighted by Crippen LogP contribution is 2.37. The van der Waals surface area contributed by atoms with Gasteiger partial charge in [0, 0.05) is 17.5 Å². The molecule has 1 aliphatic rings. The molecule has 0 bridgehead atoms. The number of aryl methyl sites for hydroxylation is 3. The Morgan fingerprint density at radius 2 is 1.75 bits per heavy atom. The number of nitrogens with one attached hydrogen (secondary N) is 1. The molecule has 0 atom stereocenters. The lowest BCUT2D eigenvalue weighted by atomic mass is 9.87. The van der Waals surface area contributed by atoms with E-state index in [0.717, 1.165) is 42.4 Å². The van der Waals surface area contributed by atoms with Crippen LogP contribution in [0.2, 0.25) is 0 Å². The molecule has 0 heterocycles. The molecule has 1 fully saturated rings. The summed E-state index contributed by atoms with van der Waals surface area (Å²) in [5.74, 6) is -0.0141. The maximum Gasteiger partial charge on any atom is 0.251 e. The van der Waals surface area contributed by atoms with Gasteiger partial charge in [-0.25, -0.2) is 0 Å². The van der Waals surface area contributed by atoms with Gasteiger partial charge in [-0.2, -0.15) is 0 Å². The van der Waals surface area contributed by atoms with Crippen LogP contribution in [0.3, 0.4) is 0 Å². The van der Waals surface area contributed by atoms with E-state index in [4.69, 9.17) is 0 Å². The Hall–Kier alpha value is -1.35. The fraction of sp³-hybridized carbons (Fsp3) is 0.588. The van der Waals surface area contributed by atoms with Crippen molar-refractivity contribution in [1.29, 1.82) is 0 Å². The zero-order valence-corrected chi connectivity index (χ0v) is 12.8. The summed E-state index contributed by atoms with van der Waals surface area (Å²) >= 11 is 0. The number of hydrogen-bond acceptors (Lipinski definition) is 2. The quantitative estimate of drug-likeness (QED) is 0.887. The molecule has 0 saturated heterocycles. The third-order valence-corrected chi connectivity index (χ3v) is 4.53. The third-order valence-electron chi connectivity index (χ3n) is 4.53. The minimum Gasteiger partial charge on any atom is -0.396 e. The second kappa shape index (κ2) is 5.96. The maximum absolute atomic E-state index is 12.4. The highest BCUT2D eigenvalue weighted by atomic mass is 16.3. The lowest BCUT2D eigenvalue weighted by Gasteiger charge is -2.27. The van der Waals surface area contributed by atoms with Gasteiger partial charge >= 0.3 is 0 Å². The summed E-state index contributed by atoms with van der Waals surface area (Å²) in [5.41, 5.74) is 3.90. The number of aliphatic hydroxyl groups excluding tert-OH is 1. The van der Waals surface area contributed by atoms with Crippen molar-refractivity contribution in [2.45, 2.75) is 46.5 Å². The molecular weight excluding hydrogens is 250 g/mol. The second-order valence-corrected chi connectivity index (χ2v) is 6.32. The molecule has 3 nitrogen and oxygen atoms in total. The number of benzene rings is 1. The van der Waals surface area contributed by atoms with E-state index >= 15 is 0 Å². The fourth-order valence-corrected chi connectivity index (χ4v) is 3.41. The van der Waals surface area contributed by atoms with Crippen LogP contribution in [0.25, 0.3) is 0 Å². The van der Waals surface area contributed by atoms with Gasteiger partial charge in [0.1, 0.15) is 0 Å². The van der Waals surface area contributed by atoms with E-state index in [0.29, 0.717) is 6.54 Å². The van der Waals surface area contributed by atoms with Crippen molar-refractivity contribution in [3.05, 3.63) is 34.4 Å². The molecule has 2 N–H and O–H groups in total. The zero-order valence-electron chi connectivity index (χ0n) is 12.8. The molecule has 20 heavy (non-hydrogen) atoms. The van der Waals surface area contributed by atoms with E-state index in [9.17, 15) is 9.90 Å². The first kappa shape index (κ1) is 15.0. The number of carbonyl (C=O) groups excluding carboxylic acids is 1. The number of hydrogen-bond donors (Lipinski definition) is 2. The molecule has 0 radical (unpaired) electrons. The molecule has 1 aromatic rings. The van der Waals surface area contributed by atoms with Crippen molar-refractivity contribution in [2.75, 3.05) is 13.2 Å². The molecule has 3 heteroatoms. The highest BCUT2D eigenvalue weighted by Gasteiger charge is 2.33. The summed E-state index contributed by atoms with van der Waals surface area (Å²) in [7, 11) is 0. The van der Waals surface area contributed by atoms with E-state index in [1.807, 2.05) is 32.9 Å². The second-order valence-electron chi connectivity index (χ2n) is 6.32. The fourth-order valence-electron chi connectivity index (χ4n) is 3.41. The topological polar surface area (TPSA) is 49.3 Å². The summed E-state index contributed by atoms with van der Waals surface area (Å²) in [6.45, 7) is 6.74. The van der Waals surface area contributed by atoms with E-state index < -0.39 is 0 Å². The molecule has 1 amide bonds. The van der Waals surface area contributed by atoms with Crippen LogP contribution in [0.5, 0.6) is 0 Å². The van der Waals surface area contributed by atoms with Gasteiger partial charge < -0.3 is 10.4 Å². The summed E-state index contributed by atoms with van der Waals surface area (Å²) in [4.78, 5) is 12.4. The molecule has 1 saturated carbocycles. The van der Waals surface area contributed by atoms with Crippen molar-refractivity contribution < 1.29 is 9.90 Å². The largest absolute Gasteiger partial charge is 0.396 e. The SMILES string of the molecule is Cc1cc(C)c(C(=O)NCC2(CO)CCCC2)c(C)c1. The van der Waals surface area contributed by atoms with Crippen LogP contribution in [-0.4, -0.2) is 24.2 Å². The average molecular weight is 275 g/mol. The van der Waals surface area contributed by atoms with Gasteiger partial charge in [0.15, 0.2) is 0 Å². The van der Waals surface area contributed by atoms with Gasteiger partial charge in [-0.1, -0.05) is 30.5 Å². The Morgan fingerprint density at radius 1 is 1.20 bits per heavy atom. The Balaban J connectivity index is 2.09. The molecule has 2 rings (SSSR count). The average Bonchev–Trinajstić information content (AvgIpc) is 2.84. The van der Waals surface area contributed by atoms with E-state index in [2.05, 4.69) is 5.32 Å². The lowest BCUT2D eigenvalue weighted by molar-refractivity contribution is 0.0879. The van der Waals surface area contributed by atoms with Crippen LogP contribution in [0.15, 0.2) is 12.1 Å². The Labute approximate surface area is 121 Å². The lowest BCUT2D eigenvalue weighted by Crippen LogP contribution is -2.38. The van der Waals surface area contributed by atoms with Crippen molar-refractivity contribution in [1.82, 2.24) is 5.32 Å². The predicted octanol–water partition coefficient (Wildman–Crippen LogP) is 2.89. The van der Waals surface area contributed by atoms with Gasteiger partial charge in [0.05, 0.1) is 6.61 Å². The molecule has 0 aliphatic heterocycles. The van der Waals surface area contributed by atoms with Crippen LogP contribution >= 0.6 is 0 Å². The van der Waals surface area contributed by atoms with Crippen LogP contribution < -0.4 is 5.32 Å². The summed E-state index contributed by atoms with van der Waals surface area (Å²) < 4.78 is 0. The van der Waals surface area contributed by atoms with Crippen molar-refractivity contribution in [3.63, 3.8) is 0 Å². The van der Waals surface area contributed by atoms with Crippen molar-refractivity contribution >= 4 is 5.91 Å². The number of carbonyl (C=O) groups is 1. The predicted molar refractivity (Wildman–Crippen MR) is 81.0 cm³/mol. The number of amides is 1. The van der Waals surface area contributed by atoms with Gasteiger partial charge in [-0.15, -0.1) is 0 Å². The Morgan fingerprint density at radius 3 is 2.25 bits per heavy atom. The zero-order chi connectivity index (χ0) is 14.8. The Kier molecular flexibility index (Phi) is 4.48. The van der Waals surface area contributed by atoms with Crippen LogP contribution in [0, 0.1) is 26.2 Å².